The standard InChI is InChI=1S/C11H15NS/c1-9-11(13-8-7-12-9)10-5-3-2-4-6-10/h2-6,9,11-12H,7-8H2,1H3. The summed E-state index contributed by atoms with van der Waals surface area (Å²) in [7, 11) is 0. The highest BCUT2D eigenvalue weighted by atomic mass is 32.2. The van der Waals surface area contributed by atoms with Gasteiger partial charge in [0.25, 0.3) is 0 Å². The summed E-state index contributed by atoms with van der Waals surface area (Å²) in [4.78, 5) is 0. The van der Waals surface area contributed by atoms with Crippen LogP contribution in [0.25, 0.3) is 0 Å². The molecular formula is C11H15NS. The zero-order valence-electron chi connectivity index (χ0n) is 7.86. The van der Waals surface area contributed by atoms with Crippen molar-refractivity contribution in [3.63, 3.8) is 0 Å². The van der Waals surface area contributed by atoms with Gasteiger partial charge < -0.3 is 5.32 Å². The first-order chi connectivity index (χ1) is 6.38. The first-order valence-corrected chi connectivity index (χ1v) is 5.83. The summed E-state index contributed by atoms with van der Waals surface area (Å²) in [5, 5.41) is 4.14. The minimum atomic E-state index is 0.598. The second-order valence-electron chi connectivity index (χ2n) is 3.44. The van der Waals surface area contributed by atoms with Crippen molar-refractivity contribution in [2.24, 2.45) is 0 Å². The van der Waals surface area contributed by atoms with Crippen molar-refractivity contribution in [2.75, 3.05) is 12.3 Å². The molecule has 70 valence electrons. The fourth-order valence-electron chi connectivity index (χ4n) is 1.75. The second kappa shape index (κ2) is 4.16. The van der Waals surface area contributed by atoms with Gasteiger partial charge in [-0.25, -0.2) is 0 Å². The van der Waals surface area contributed by atoms with Crippen LogP contribution in [0.5, 0.6) is 0 Å². The van der Waals surface area contributed by atoms with Crippen LogP contribution in [0.2, 0.25) is 0 Å². The molecule has 2 unspecified atom stereocenters. The van der Waals surface area contributed by atoms with Crippen molar-refractivity contribution in [1.29, 1.82) is 0 Å². The number of benzene rings is 1. The van der Waals surface area contributed by atoms with Gasteiger partial charge in [-0.3, -0.25) is 0 Å². The number of rotatable bonds is 1. The topological polar surface area (TPSA) is 12.0 Å². The van der Waals surface area contributed by atoms with Crippen LogP contribution in [-0.4, -0.2) is 18.3 Å². The molecule has 1 aromatic rings. The lowest BCUT2D eigenvalue weighted by molar-refractivity contribution is 0.543. The molecule has 1 aromatic carbocycles. The summed E-state index contributed by atoms with van der Waals surface area (Å²) in [6.45, 7) is 3.42. The molecular weight excluding hydrogens is 178 g/mol. The van der Waals surface area contributed by atoms with Gasteiger partial charge >= 0.3 is 0 Å². The fourth-order valence-corrected chi connectivity index (χ4v) is 2.98. The number of thioether (sulfide) groups is 1. The van der Waals surface area contributed by atoms with Crippen LogP contribution in [0, 0.1) is 0 Å². The Morgan fingerprint density at radius 3 is 2.77 bits per heavy atom. The van der Waals surface area contributed by atoms with Crippen LogP contribution < -0.4 is 5.32 Å². The fraction of sp³-hybridized carbons (Fsp3) is 0.455. The van der Waals surface area contributed by atoms with E-state index in [0.717, 1.165) is 6.54 Å². The smallest absolute Gasteiger partial charge is 0.0448 e. The molecule has 0 saturated carbocycles. The van der Waals surface area contributed by atoms with Gasteiger partial charge in [-0.15, -0.1) is 0 Å². The Kier molecular flexibility index (Phi) is 2.91. The SMILES string of the molecule is CC1NCCSC1c1ccccc1. The molecule has 0 amide bonds. The minimum Gasteiger partial charge on any atom is -0.312 e. The lowest BCUT2D eigenvalue weighted by Crippen LogP contribution is -2.37. The van der Waals surface area contributed by atoms with E-state index in [1.54, 1.807) is 0 Å². The molecule has 0 aromatic heterocycles. The molecule has 1 aliphatic rings. The predicted octanol–water partition coefficient (Wildman–Crippen LogP) is 2.45. The van der Waals surface area contributed by atoms with Crippen LogP contribution in [0.4, 0.5) is 0 Å². The van der Waals surface area contributed by atoms with Crippen LogP contribution in [-0.2, 0) is 0 Å². The van der Waals surface area contributed by atoms with Crippen molar-refractivity contribution in [2.45, 2.75) is 18.2 Å². The Hall–Kier alpha value is -0.470. The van der Waals surface area contributed by atoms with Crippen LogP contribution in [0.3, 0.4) is 0 Å². The molecule has 13 heavy (non-hydrogen) atoms. The Bertz CT molecular complexity index is 260. The van der Waals surface area contributed by atoms with Gasteiger partial charge in [0.05, 0.1) is 0 Å². The molecule has 0 radical (unpaired) electrons. The van der Waals surface area contributed by atoms with Crippen molar-refractivity contribution in [3.05, 3.63) is 35.9 Å². The molecule has 1 N–H and O–H groups in total. The van der Waals surface area contributed by atoms with E-state index in [4.69, 9.17) is 0 Å². The van der Waals surface area contributed by atoms with Crippen LogP contribution in [0.15, 0.2) is 30.3 Å². The molecule has 1 nitrogen and oxygen atoms in total. The highest BCUT2D eigenvalue weighted by Gasteiger charge is 2.22. The zero-order valence-corrected chi connectivity index (χ0v) is 8.68. The molecule has 2 rings (SSSR count). The van der Waals surface area contributed by atoms with Gasteiger partial charge in [0.2, 0.25) is 0 Å². The van der Waals surface area contributed by atoms with E-state index in [1.807, 2.05) is 0 Å². The first-order valence-electron chi connectivity index (χ1n) is 4.78. The summed E-state index contributed by atoms with van der Waals surface area (Å²) < 4.78 is 0. The third kappa shape index (κ3) is 2.06. The Morgan fingerprint density at radius 2 is 2.08 bits per heavy atom. The number of hydrogen-bond donors (Lipinski definition) is 1. The monoisotopic (exact) mass is 193 g/mol. The maximum absolute atomic E-state index is 3.51. The van der Waals surface area contributed by atoms with Crippen molar-refractivity contribution in [3.8, 4) is 0 Å². The van der Waals surface area contributed by atoms with Gasteiger partial charge in [-0.1, -0.05) is 30.3 Å². The average Bonchev–Trinajstić information content (AvgIpc) is 2.20. The van der Waals surface area contributed by atoms with Crippen LogP contribution >= 0.6 is 11.8 Å². The molecule has 2 atom stereocenters. The van der Waals surface area contributed by atoms with Gasteiger partial charge in [0, 0.05) is 23.6 Å². The van der Waals surface area contributed by atoms with Crippen LogP contribution in [0.1, 0.15) is 17.7 Å². The van der Waals surface area contributed by atoms with E-state index in [9.17, 15) is 0 Å². The van der Waals surface area contributed by atoms with Gasteiger partial charge in [0.1, 0.15) is 0 Å². The molecule has 2 heteroatoms. The molecule has 0 spiro atoms. The lowest BCUT2D eigenvalue weighted by atomic mass is 10.1. The summed E-state index contributed by atoms with van der Waals surface area (Å²) in [6, 6.07) is 11.4. The van der Waals surface area contributed by atoms with E-state index in [-0.39, 0.29) is 0 Å². The number of nitrogens with one attached hydrogen (secondary N) is 1. The maximum atomic E-state index is 3.51. The van der Waals surface area contributed by atoms with E-state index in [2.05, 4.69) is 54.3 Å². The zero-order chi connectivity index (χ0) is 9.10. The van der Waals surface area contributed by atoms with E-state index < -0.39 is 0 Å². The number of hydrogen-bond acceptors (Lipinski definition) is 2. The quantitative estimate of drug-likeness (QED) is 0.735. The van der Waals surface area contributed by atoms with Gasteiger partial charge in [0.15, 0.2) is 0 Å². The molecule has 1 fully saturated rings. The molecule has 1 heterocycles. The van der Waals surface area contributed by atoms with E-state index in [0.29, 0.717) is 11.3 Å². The predicted molar refractivity (Wildman–Crippen MR) is 59.1 cm³/mol. The highest BCUT2D eigenvalue weighted by molar-refractivity contribution is 7.99. The highest BCUT2D eigenvalue weighted by Crippen LogP contribution is 2.33. The third-order valence-electron chi connectivity index (χ3n) is 2.45. The summed E-state index contributed by atoms with van der Waals surface area (Å²) in [6.07, 6.45) is 0. The summed E-state index contributed by atoms with van der Waals surface area (Å²) in [5.41, 5.74) is 1.45. The molecule has 1 aliphatic heterocycles. The Balaban J connectivity index is 2.15. The van der Waals surface area contributed by atoms with Crippen molar-refractivity contribution >= 4 is 11.8 Å². The van der Waals surface area contributed by atoms with Crippen molar-refractivity contribution in [1.82, 2.24) is 5.32 Å². The normalized spacial score (nSPS) is 28.7. The first kappa shape index (κ1) is 9.10. The second-order valence-corrected chi connectivity index (χ2v) is 4.69. The minimum absolute atomic E-state index is 0.598. The Morgan fingerprint density at radius 1 is 1.31 bits per heavy atom. The summed E-state index contributed by atoms with van der Waals surface area (Å²) in [5.74, 6) is 1.23. The third-order valence-corrected chi connectivity index (χ3v) is 3.93. The molecule has 1 saturated heterocycles. The molecule has 0 bridgehead atoms. The van der Waals surface area contributed by atoms with Gasteiger partial charge in [-0.2, -0.15) is 11.8 Å². The lowest BCUT2D eigenvalue weighted by Gasteiger charge is -2.29. The molecule has 0 aliphatic carbocycles. The van der Waals surface area contributed by atoms with Crippen molar-refractivity contribution < 1.29 is 0 Å². The van der Waals surface area contributed by atoms with Gasteiger partial charge in [-0.05, 0) is 12.5 Å². The Labute approximate surface area is 83.9 Å². The largest absolute Gasteiger partial charge is 0.312 e. The average molecular weight is 193 g/mol. The van der Waals surface area contributed by atoms with E-state index in [1.165, 1.54) is 11.3 Å². The summed E-state index contributed by atoms with van der Waals surface area (Å²) >= 11 is 2.06. The van der Waals surface area contributed by atoms with E-state index >= 15 is 0 Å². The maximum Gasteiger partial charge on any atom is 0.0448 e.